The molecule has 1 amide bonds. The lowest BCUT2D eigenvalue weighted by molar-refractivity contribution is -0.133. The Hall–Kier alpha value is -1.31. The number of nitrogens with zero attached hydrogens (tertiary/aromatic N) is 1. The largest absolute Gasteiger partial charge is 0.343 e. The summed E-state index contributed by atoms with van der Waals surface area (Å²) < 4.78 is 0. The molecule has 2 atom stereocenters. The van der Waals surface area contributed by atoms with E-state index in [1.54, 1.807) is 0 Å². The van der Waals surface area contributed by atoms with Gasteiger partial charge in [-0.25, -0.2) is 0 Å². The van der Waals surface area contributed by atoms with Gasteiger partial charge in [0.2, 0.25) is 5.91 Å². The van der Waals surface area contributed by atoms with Gasteiger partial charge in [0, 0.05) is 13.1 Å². The van der Waals surface area contributed by atoms with Crippen molar-refractivity contribution < 1.29 is 4.79 Å². The van der Waals surface area contributed by atoms with Crippen LogP contribution >= 0.6 is 0 Å². The van der Waals surface area contributed by atoms with Gasteiger partial charge in [0.1, 0.15) is 0 Å². The summed E-state index contributed by atoms with van der Waals surface area (Å²) in [6.07, 6.45) is 1.02. The minimum Gasteiger partial charge on any atom is -0.343 e. The van der Waals surface area contributed by atoms with Crippen molar-refractivity contribution in [1.29, 1.82) is 0 Å². The maximum atomic E-state index is 12.6. The second-order valence-corrected chi connectivity index (χ2v) is 4.78. The van der Waals surface area contributed by atoms with Crippen LogP contribution < -0.4 is 0 Å². The van der Waals surface area contributed by atoms with E-state index < -0.39 is 0 Å². The standard InChI is InChI=1S/C16H25NO/c1-5-13(4)15(14-11-9-8-10-12-14)16(18)17(6-2)7-3/h8-13,15H,5-7H2,1-4H3/t13-,15-/m1/s1. The summed E-state index contributed by atoms with van der Waals surface area (Å²) >= 11 is 0. The Bertz CT molecular complexity index is 357. The van der Waals surface area contributed by atoms with Gasteiger partial charge in [-0.3, -0.25) is 4.79 Å². The molecule has 0 unspecified atom stereocenters. The molecule has 0 fully saturated rings. The monoisotopic (exact) mass is 247 g/mol. The molecule has 0 spiro atoms. The van der Waals surface area contributed by atoms with Crippen LogP contribution in [0, 0.1) is 5.92 Å². The molecule has 2 heteroatoms. The first-order valence-corrected chi connectivity index (χ1v) is 6.99. The molecule has 0 heterocycles. The highest BCUT2D eigenvalue weighted by molar-refractivity contribution is 5.84. The molecular formula is C16H25NO. The van der Waals surface area contributed by atoms with Crippen LogP contribution in [0.25, 0.3) is 0 Å². The zero-order valence-electron chi connectivity index (χ0n) is 12.0. The fraction of sp³-hybridized carbons (Fsp3) is 0.562. The van der Waals surface area contributed by atoms with Crippen molar-refractivity contribution in [3.05, 3.63) is 35.9 Å². The van der Waals surface area contributed by atoms with Crippen molar-refractivity contribution in [2.45, 2.75) is 40.0 Å². The van der Waals surface area contributed by atoms with E-state index in [0.717, 1.165) is 25.1 Å². The summed E-state index contributed by atoms with van der Waals surface area (Å²) in [5.74, 6) is 0.636. The highest BCUT2D eigenvalue weighted by Crippen LogP contribution is 2.28. The molecule has 0 radical (unpaired) electrons. The minimum absolute atomic E-state index is 0.00361. The summed E-state index contributed by atoms with van der Waals surface area (Å²) in [6, 6.07) is 10.2. The average molecular weight is 247 g/mol. The van der Waals surface area contributed by atoms with E-state index in [1.807, 2.05) is 36.9 Å². The zero-order chi connectivity index (χ0) is 13.5. The highest BCUT2D eigenvalue weighted by atomic mass is 16.2. The number of likely N-dealkylation sites (N-methyl/N-ethyl adjacent to an activating group) is 1. The smallest absolute Gasteiger partial charge is 0.230 e. The van der Waals surface area contributed by atoms with Gasteiger partial charge in [-0.1, -0.05) is 50.6 Å². The predicted octanol–water partition coefficient (Wildman–Crippen LogP) is 3.68. The number of rotatable bonds is 6. The summed E-state index contributed by atoms with van der Waals surface area (Å²) in [6.45, 7) is 9.97. The Labute approximate surface area is 111 Å². The van der Waals surface area contributed by atoms with E-state index in [-0.39, 0.29) is 11.8 Å². The van der Waals surface area contributed by atoms with E-state index in [4.69, 9.17) is 0 Å². The number of carbonyl (C=O) groups excluding carboxylic acids is 1. The number of hydrogen-bond donors (Lipinski definition) is 0. The second kappa shape index (κ2) is 7.20. The second-order valence-electron chi connectivity index (χ2n) is 4.78. The third kappa shape index (κ3) is 3.34. The maximum absolute atomic E-state index is 12.6. The van der Waals surface area contributed by atoms with Crippen LogP contribution in [0.1, 0.15) is 45.6 Å². The van der Waals surface area contributed by atoms with Crippen LogP contribution in [0.2, 0.25) is 0 Å². The summed E-state index contributed by atoms with van der Waals surface area (Å²) in [5.41, 5.74) is 1.14. The topological polar surface area (TPSA) is 20.3 Å². The number of hydrogen-bond acceptors (Lipinski definition) is 1. The molecule has 18 heavy (non-hydrogen) atoms. The predicted molar refractivity (Wildman–Crippen MR) is 76.6 cm³/mol. The molecule has 2 nitrogen and oxygen atoms in total. The van der Waals surface area contributed by atoms with E-state index in [1.165, 1.54) is 0 Å². The molecule has 1 aromatic rings. The lowest BCUT2D eigenvalue weighted by atomic mass is 9.84. The molecule has 0 N–H and O–H groups in total. The van der Waals surface area contributed by atoms with Crippen LogP contribution in [0.4, 0.5) is 0 Å². The third-order valence-electron chi connectivity index (χ3n) is 3.71. The highest BCUT2D eigenvalue weighted by Gasteiger charge is 2.28. The molecule has 1 aromatic carbocycles. The van der Waals surface area contributed by atoms with Crippen molar-refractivity contribution in [1.82, 2.24) is 4.90 Å². The van der Waals surface area contributed by atoms with Crippen molar-refractivity contribution in [3.63, 3.8) is 0 Å². The number of amides is 1. The number of benzene rings is 1. The van der Waals surface area contributed by atoms with E-state index >= 15 is 0 Å². The van der Waals surface area contributed by atoms with Crippen LogP contribution in [0.15, 0.2) is 30.3 Å². The maximum Gasteiger partial charge on any atom is 0.230 e. The molecular weight excluding hydrogens is 222 g/mol. The molecule has 0 aliphatic heterocycles. The first-order chi connectivity index (χ1) is 8.65. The van der Waals surface area contributed by atoms with Crippen molar-refractivity contribution in [2.24, 2.45) is 5.92 Å². The van der Waals surface area contributed by atoms with Gasteiger partial charge in [0.15, 0.2) is 0 Å². The van der Waals surface area contributed by atoms with Crippen LogP contribution in [-0.4, -0.2) is 23.9 Å². The molecule has 100 valence electrons. The fourth-order valence-corrected chi connectivity index (χ4v) is 2.34. The number of carbonyl (C=O) groups is 1. The van der Waals surface area contributed by atoms with Crippen molar-refractivity contribution in [3.8, 4) is 0 Å². The molecule has 0 saturated carbocycles. The van der Waals surface area contributed by atoms with Gasteiger partial charge >= 0.3 is 0 Å². The quantitative estimate of drug-likeness (QED) is 0.751. The van der Waals surface area contributed by atoms with Crippen molar-refractivity contribution in [2.75, 3.05) is 13.1 Å². The van der Waals surface area contributed by atoms with Crippen LogP contribution in [0.3, 0.4) is 0 Å². The fourth-order valence-electron chi connectivity index (χ4n) is 2.34. The normalized spacial score (nSPS) is 14.0. The first kappa shape index (κ1) is 14.7. The van der Waals surface area contributed by atoms with Gasteiger partial charge in [0.05, 0.1) is 5.92 Å². The van der Waals surface area contributed by atoms with E-state index in [2.05, 4.69) is 26.0 Å². The summed E-state index contributed by atoms with van der Waals surface area (Å²) in [7, 11) is 0. The summed E-state index contributed by atoms with van der Waals surface area (Å²) in [4.78, 5) is 14.6. The van der Waals surface area contributed by atoms with Crippen LogP contribution in [0.5, 0.6) is 0 Å². The molecule has 0 bridgehead atoms. The van der Waals surface area contributed by atoms with E-state index in [0.29, 0.717) is 5.92 Å². The Balaban J connectivity index is 3.03. The molecule has 0 aliphatic rings. The summed E-state index contributed by atoms with van der Waals surface area (Å²) in [5, 5.41) is 0. The molecule has 0 aromatic heterocycles. The average Bonchev–Trinajstić information content (AvgIpc) is 2.41. The van der Waals surface area contributed by atoms with Gasteiger partial charge in [-0.05, 0) is 25.3 Å². The minimum atomic E-state index is -0.00361. The van der Waals surface area contributed by atoms with Gasteiger partial charge in [-0.2, -0.15) is 0 Å². The molecule has 1 rings (SSSR count). The Morgan fingerprint density at radius 3 is 2.11 bits per heavy atom. The lowest BCUT2D eigenvalue weighted by Crippen LogP contribution is -2.37. The zero-order valence-corrected chi connectivity index (χ0v) is 12.0. The van der Waals surface area contributed by atoms with Gasteiger partial charge < -0.3 is 4.90 Å². The lowest BCUT2D eigenvalue weighted by Gasteiger charge is -2.29. The molecule has 0 saturated heterocycles. The van der Waals surface area contributed by atoms with Gasteiger partial charge in [0.25, 0.3) is 0 Å². The third-order valence-corrected chi connectivity index (χ3v) is 3.71. The van der Waals surface area contributed by atoms with Crippen LogP contribution in [-0.2, 0) is 4.79 Å². The molecule has 0 aliphatic carbocycles. The Morgan fingerprint density at radius 2 is 1.67 bits per heavy atom. The van der Waals surface area contributed by atoms with Crippen molar-refractivity contribution >= 4 is 5.91 Å². The SMILES string of the molecule is CC[C@@H](C)[C@@H](C(=O)N(CC)CC)c1ccccc1. The van der Waals surface area contributed by atoms with Gasteiger partial charge in [-0.15, -0.1) is 0 Å². The Morgan fingerprint density at radius 1 is 1.11 bits per heavy atom. The Kier molecular flexibility index (Phi) is 5.90. The first-order valence-electron chi connectivity index (χ1n) is 6.99. The van der Waals surface area contributed by atoms with E-state index in [9.17, 15) is 4.79 Å².